The smallest absolute Gasteiger partial charge is 0.408 e. The molecule has 1 aliphatic carbocycles. The first kappa shape index (κ1) is 16.8. The van der Waals surface area contributed by atoms with Gasteiger partial charge in [0.2, 0.25) is 0 Å². The number of rotatable bonds is 4. The zero-order valence-electron chi connectivity index (χ0n) is 12.6. The third-order valence-corrected chi connectivity index (χ3v) is 3.46. The maximum absolute atomic E-state index is 11.7. The van der Waals surface area contributed by atoms with Gasteiger partial charge in [-0.1, -0.05) is 0 Å². The topological polar surface area (TPSA) is 84.9 Å². The van der Waals surface area contributed by atoms with Gasteiger partial charge in [-0.15, -0.1) is 0 Å². The number of methoxy groups -OCH3 is 1. The Kier molecular flexibility index (Phi) is 5.80. The van der Waals surface area contributed by atoms with Gasteiger partial charge in [0.15, 0.2) is 0 Å². The van der Waals surface area contributed by atoms with Crippen LogP contribution in [0.4, 0.5) is 4.79 Å². The van der Waals surface area contributed by atoms with Crippen LogP contribution in [0.3, 0.4) is 0 Å². The summed E-state index contributed by atoms with van der Waals surface area (Å²) in [4.78, 5) is 23.1. The molecule has 116 valence electrons. The first-order valence-corrected chi connectivity index (χ1v) is 6.98. The number of carboxylic acids is 1. The summed E-state index contributed by atoms with van der Waals surface area (Å²) in [7, 11) is 1.67. The molecule has 6 nitrogen and oxygen atoms in total. The molecule has 0 saturated heterocycles. The number of aliphatic carboxylic acids is 1. The molecule has 1 fully saturated rings. The number of alkyl carbamates (subject to hydrolysis) is 1. The van der Waals surface area contributed by atoms with Crippen LogP contribution in [0.5, 0.6) is 0 Å². The van der Waals surface area contributed by atoms with Gasteiger partial charge in [0.25, 0.3) is 0 Å². The van der Waals surface area contributed by atoms with Gasteiger partial charge in [-0.2, -0.15) is 0 Å². The van der Waals surface area contributed by atoms with Crippen molar-refractivity contribution in [3.8, 4) is 0 Å². The van der Waals surface area contributed by atoms with Crippen molar-refractivity contribution in [1.29, 1.82) is 0 Å². The Morgan fingerprint density at radius 2 is 1.75 bits per heavy atom. The minimum absolute atomic E-state index is 0.0774. The molecule has 0 aromatic carbocycles. The number of carboxylic acid groups (broad SMARTS) is 1. The number of amides is 1. The lowest BCUT2D eigenvalue weighted by atomic mass is 9.82. The van der Waals surface area contributed by atoms with Crippen molar-refractivity contribution in [3.63, 3.8) is 0 Å². The fourth-order valence-corrected chi connectivity index (χ4v) is 2.47. The van der Waals surface area contributed by atoms with E-state index in [4.69, 9.17) is 9.47 Å². The second-order valence-electron chi connectivity index (χ2n) is 6.23. The van der Waals surface area contributed by atoms with E-state index >= 15 is 0 Å². The third-order valence-electron chi connectivity index (χ3n) is 3.46. The van der Waals surface area contributed by atoms with Gasteiger partial charge in [0, 0.05) is 7.11 Å². The highest BCUT2D eigenvalue weighted by Crippen LogP contribution is 2.28. The van der Waals surface area contributed by atoms with Gasteiger partial charge in [-0.05, 0) is 52.4 Å². The molecular weight excluding hydrogens is 262 g/mol. The van der Waals surface area contributed by atoms with Gasteiger partial charge < -0.3 is 19.9 Å². The van der Waals surface area contributed by atoms with Gasteiger partial charge >= 0.3 is 12.1 Å². The maximum atomic E-state index is 11.7. The van der Waals surface area contributed by atoms with Crippen LogP contribution in [0.15, 0.2) is 0 Å². The fourth-order valence-electron chi connectivity index (χ4n) is 2.47. The monoisotopic (exact) mass is 287 g/mol. The van der Waals surface area contributed by atoms with Crippen molar-refractivity contribution < 1.29 is 24.2 Å². The summed E-state index contributed by atoms with van der Waals surface area (Å²) in [5.74, 6) is -1.09. The molecule has 0 radical (unpaired) electrons. The van der Waals surface area contributed by atoms with Crippen LogP contribution in [0, 0.1) is 5.92 Å². The van der Waals surface area contributed by atoms with E-state index in [0.29, 0.717) is 0 Å². The van der Waals surface area contributed by atoms with Gasteiger partial charge in [0.05, 0.1) is 6.10 Å². The van der Waals surface area contributed by atoms with Crippen molar-refractivity contribution in [1.82, 2.24) is 5.32 Å². The second kappa shape index (κ2) is 6.92. The molecule has 0 aromatic heterocycles. The quantitative estimate of drug-likeness (QED) is 0.827. The molecule has 1 amide bonds. The predicted octanol–water partition coefficient (Wildman–Crippen LogP) is 2.17. The summed E-state index contributed by atoms with van der Waals surface area (Å²) in [6, 6.07) is -0.900. The zero-order chi connectivity index (χ0) is 15.3. The fraction of sp³-hybridized carbons (Fsp3) is 0.857. The zero-order valence-corrected chi connectivity index (χ0v) is 12.6. The van der Waals surface area contributed by atoms with E-state index in [1.54, 1.807) is 27.9 Å². The lowest BCUT2D eigenvalue weighted by Gasteiger charge is -2.32. The van der Waals surface area contributed by atoms with Crippen molar-refractivity contribution in [3.05, 3.63) is 0 Å². The van der Waals surface area contributed by atoms with E-state index in [-0.39, 0.29) is 12.0 Å². The van der Waals surface area contributed by atoms with Crippen molar-refractivity contribution in [2.75, 3.05) is 7.11 Å². The van der Waals surface area contributed by atoms with E-state index in [9.17, 15) is 14.7 Å². The Morgan fingerprint density at radius 3 is 2.15 bits per heavy atom. The van der Waals surface area contributed by atoms with Crippen LogP contribution in [0.25, 0.3) is 0 Å². The highest BCUT2D eigenvalue weighted by molar-refractivity contribution is 5.80. The van der Waals surface area contributed by atoms with Gasteiger partial charge in [-0.3, -0.25) is 0 Å². The minimum Gasteiger partial charge on any atom is -0.480 e. The molecule has 0 aliphatic heterocycles. The number of ether oxygens (including phenoxy) is 2. The number of hydrogen-bond donors (Lipinski definition) is 2. The average Bonchev–Trinajstić information content (AvgIpc) is 2.34. The van der Waals surface area contributed by atoms with Gasteiger partial charge in [0.1, 0.15) is 11.6 Å². The van der Waals surface area contributed by atoms with E-state index in [2.05, 4.69) is 5.32 Å². The first-order chi connectivity index (χ1) is 9.23. The summed E-state index contributed by atoms with van der Waals surface area (Å²) in [5, 5.41) is 11.8. The molecule has 0 spiro atoms. The Labute approximate surface area is 119 Å². The van der Waals surface area contributed by atoms with Crippen LogP contribution in [0.2, 0.25) is 0 Å². The number of carbonyl (C=O) groups is 2. The first-order valence-electron chi connectivity index (χ1n) is 6.98. The Hall–Kier alpha value is -1.30. The molecule has 0 aromatic rings. The molecule has 6 heteroatoms. The summed E-state index contributed by atoms with van der Waals surface area (Å²) >= 11 is 0. The SMILES string of the molecule is COC1CCC(C(NC(=O)OC(C)(C)C)C(=O)O)CC1. The highest BCUT2D eigenvalue weighted by atomic mass is 16.6. The molecule has 20 heavy (non-hydrogen) atoms. The van der Waals surface area contributed by atoms with E-state index in [1.807, 2.05) is 0 Å². The van der Waals surface area contributed by atoms with E-state index in [1.165, 1.54) is 0 Å². The molecule has 0 bridgehead atoms. The van der Waals surface area contributed by atoms with Crippen LogP contribution in [-0.4, -0.2) is 42.0 Å². The third kappa shape index (κ3) is 5.36. The van der Waals surface area contributed by atoms with E-state index < -0.39 is 23.7 Å². The molecule has 0 heterocycles. The Morgan fingerprint density at radius 1 is 1.20 bits per heavy atom. The van der Waals surface area contributed by atoms with Crippen molar-refractivity contribution in [2.45, 2.75) is 64.2 Å². The number of carbonyl (C=O) groups excluding carboxylic acids is 1. The lowest BCUT2D eigenvalue weighted by Crippen LogP contribution is -2.48. The molecule has 1 atom stereocenters. The van der Waals surface area contributed by atoms with Gasteiger partial charge in [-0.25, -0.2) is 9.59 Å². The molecule has 1 unspecified atom stereocenters. The molecule has 1 aliphatic rings. The molecule has 1 saturated carbocycles. The normalized spacial score (nSPS) is 24.8. The standard InChI is InChI=1S/C14H25NO5/c1-14(2,3)20-13(18)15-11(12(16)17)9-5-7-10(19-4)8-6-9/h9-11H,5-8H2,1-4H3,(H,15,18)(H,16,17). The largest absolute Gasteiger partial charge is 0.480 e. The molecule has 2 N–H and O–H groups in total. The number of hydrogen-bond acceptors (Lipinski definition) is 4. The highest BCUT2D eigenvalue weighted by Gasteiger charge is 2.34. The van der Waals surface area contributed by atoms with Crippen LogP contribution in [-0.2, 0) is 14.3 Å². The Balaban J connectivity index is 2.57. The molecule has 1 rings (SSSR count). The molecular formula is C14H25NO5. The average molecular weight is 287 g/mol. The number of nitrogens with one attached hydrogen (secondary N) is 1. The minimum atomic E-state index is -1.02. The Bertz CT molecular complexity index is 342. The summed E-state index contributed by atoms with van der Waals surface area (Å²) in [6.45, 7) is 5.23. The lowest BCUT2D eigenvalue weighted by molar-refractivity contribution is -0.141. The maximum Gasteiger partial charge on any atom is 0.408 e. The summed E-state index contributed by atoms with van der Waals surface area (Å²) < 4.78 is 10.4. The van der Waals surface area contributed by atoms with Crippen molar-refractivity contribution >= 4 is 12.1 Å². The van der Waals surface area contributed by atoms with Crippen LogP contribution in [0.1, 0.15) is 46.5 Å². The van der Waals surface area contributed by atoms with Crippen LogP contribution < -0.4 is 5.32 Å². The van der Waals surface area contributed by atoms with Crippen LogP contribution >= 0.6 is 0 Å². The van der Waals surface area contributed by atoms with Crippen molar-refractivity contribution in [2.24, 2.45) is 5.92 Å². The second-order valence-corrected chi connectivity index (χ2v) is 6.23. The predicted molar refractivity (Wildman–Crippen MR) is 73.5 cm³/mol. The summed E-state index contributed by atoms with van der Waals surface area (Å²) in [5.41, 5.74) is -0.638. The summed E-state index contributed by atoms with van der Waals surface area (Å²) in [6.07, 6.45) is 2.61. The van der Waals surface area contributed by atoms with E-state index in [0.717, 1.165) is 25.7 Å².